The van der Waals surface area contributed by atoms with Crippen LogP contribution in [0.2, 0.25) is 0 Å². The molecule has 6 nitrogen and oxygen atoms in total. The summed E-state index contributed by atoms with van der Waals surface area (Å²) in [5.74, 6) is 0. The first kappa shape index (κ1) is 17.0. The average molecular weight is 328 g/mol. The molecule has 1 aromatic carbocycles. The van der Waals surface area contributed by atoms with Crippen molar-refractivity contribution in [1.82, 2.24) is 0 Å². The molecule has 122 valence electrons. The average Bonchev–Trinajstić information content (AvgIpc) is 2.55. The second-order valence-electron chi connectivity index (χ2n) is 4.82. The number of rotatable bonds is 6. The molecule has 0 unspecified atom stereocenters. The molecule has 0 amide bonds. The lowest BCUT2D eigenvalue weighted by atomic mass is 10.1. The predicted octanol–water partition coefficient (Wildman–Crippen LogP) is 1.38. The van der Waals surface area contributed by atoms with E-state index < -0.39 is 28.1 Å². The van der Waals surface area contributed by atoms with Crippen molar-refractivity contribution in [2.75, 3.05) is 27.9 Å². The number of benzene rings is 1. The second-order valence-corrected chi connectivity index (χ2v) is 6.77. The van der Waals surface area contributed by atoms with Gasteiger partial charge in [-0.05, 0) is 12.1 Å². The van der Waals surface area contributed by atoms with Crippen LogP contribution in [0.1, 0.15) is 0 Å². The molecule has 0 aliphatic carbocycles. The van der Waals surface area contributed by atoms with Crippen LogP contribution in [0.5, 0.6) is 0 Å². The zero-order valence-corrected chi connectivity index (χ0v) is 13.6. The van der Waals surface area contributed by atoms with E-state index in [1.54, 1.807) is 18.2 Å². The lowest BCUT2D eigenvalue weighted by Crippen LogP contribution is -2.48. The van der Waals surface area contributed by atoms with Crippen LogP contribution in [0, 0.1) is 0 Å². The highest BCUT2D eigenvalue weighted by molar-refractivity contribution is 7.95. The monoisotopic (exact) mass is 328 g/mol. The maximum absolute atomic E-state index is 12.8. The van der Waals surface area contributed by atoms with E-state index in [0.29, 0.717) is 0 Å². The summed E-state index contributed by atoms with van der Waals surface area (Å²) in [6.07, 6.45) is -0.544. The Hall–Kier alpha value is -1.41. The third-order valence-corrected chi connectivity index (χ3v) is 5.37. The zero-order valence-electron chi connectivity index (χ0n) is 12.8. The molecular formula is C15H20O6S. The fourth-order valence-electron chi connectivity index (χ4n) is 2.43. The third kappa shape index (κ3) is 3.17. The standard InChI is InChI=1S/C15H20O6S/c1-18-9-12-14(19-2)15(20-3)13(10-21-12)22(16,17)11-7-5-4-6-8-11/h4-8,10,12,14-15H,9H2,1-3H3/t12-,14-,15-/m1/s1. The molecule has 0 bridgehead atoms. The molecule has 2 rings (SSSR count). The minimum atomic E-state index is -3.71. The number of sulfone groups is 1. The molecule has 0 saturated heterocycles. The SMILES string of the molecule is COC[C@H]1OC=C(S(=O)(=O)c2ccccc2)[C@@H](OC)[C@@H]1OC. The van der Waals surface area contributed by atoms with Gasteiger partial charge in [0.15, 0.2) is 0 Å². The van der Waals surface area contributed by atoms with Gasteiger partial charge in [0.2, 0.25) is 9.84 Å². The summed E-state index contributed by atoms with van der Waals surface area (Å²) in [7, 11) is 0.757. The Morgan fingerprint density at radius 1 is 1.09 bits per heavy atom. The van der Waals surface area contributed by atoms with Crippen LogP contribution in [0.25, 0.3) is 0 Å². The number of hydrogen-bond acceptors (Lipinski definition) is 6. The smallest absolute Gasteiger partial charge is 0.208 e. The molecule has 7 heteroatoms. The summed E-state index contributed by atoms with van der Waals surface area (Å²) >= 11 is 0. The van der Waals surface area contributed by atoms with Crippen molar-refractivity contribution in [1.29, 1.82) is 0 Å². The van der Waals surface area contributed by atoms with E-state index in [1.807, 2.05) is 0 Å². The van der Waals surface area contributed by atoms with Crippen LogP contribution in [0.15, 0.2) is 46.4 Å². The maximum atomic E-state index is 12.8. The summed E-state index contributed by atoms with van der Waals surface area (Å²) in [4.78, 5) is 0.229. The molecule has 22 heavy (non-hydrogen) atoms. The number of hydrogen-bond donors (Lipinski definition) is 0. The van der Waals surface area contributed by atoms with Crippen molar-refractivity contribution in [2.45, 2.75) is 23.2 Å². The van der Waals surface area contributed by atoms with Crippen molar-refractivity contribution >= 4 is 9.84 Å². The largest absolute Gasteiger partial charge is 0.492 e. The molecule has 0 saturated carbocycles. The van der Waals surface area contributed by atoms with Crippen molar-refractivity contribution in [3.63, 3.8) is 0 Å². The lowest BCUT2D eigenvalue weighted by Gasteiger charge is -2.35. The van der Waals surface area contributed by atoms with Crippen LogP contribution in [0.3, 0.4) is 0 Å². The summed E-state index contributed by atoms with van der Waals surface area (Å²) < 4.78 is 46.9. The summed E-state index contributed by atoms with van der Waals surface area (Å²) in [5, 5.41) is 0. The molecule has 0 radical (unpaired) electrons. The predicted molar refractivity (Wildman–Crippen MR) is 80.1 cm³/mol. The van der Waals surface area contributed by atoms with Gasteiger partial charge in [0.25, 0.3) is 0 Å². The van der Waals surface area contributed by atoms with E-state index in [1.165, 1.54) is 39.7 Å². The highest BCUT2D eigenvalue weighted by Gasteiger charge is 2.42. The molecule has 1 aliphatic rings. The normalized spacial score (nSPS) is 25.4. The molecule has 0 fully saturated rings. The Kier molecular flexibility index (Phi) is 5.57. The van der Waals surface area contributed by atoms with Crippen LogP contribution in [0.4, 0.5) is 0 Å². The molecule has 1 aromatic rings. The third-order valence-electron chi connectivity index (χ3n) is 3.53. The molecule has 3 atom stereocenters. The van der Waals surface area contributed by atoms with E-state index in [9.17, 15) is 8.42 Å². The van der Waals surface area contributed by atoms with Gasteiger partial charge < -0.3 is 18.9 Å². The first-order valence-corrected chi connectivity index (χ1v) is 8.24. The van der Waals surface area contributed by atoms with E-state index in [2.05, 4.69) is 0 Å². The fraction of sp³-hybridized carbons (Fsp3) is 0.467. The van der Waals surface area contributed by atoms with E-state index >= 15 is 0 Å². The van der Waals surface area contributed by atoms with Gasteiger partial charge >= 0.3 is 0 Å². The van der Waals surface area contributed by atoms with Crippen LogP contribution in [-0.4, -0.2) is 54.7 Å². The molecule has 0 spiro atoms. The lowest BCUT2D eigenvalue weighted by molar-refractivity contribution is -0.115. The van der Waals surface area contributed by atoms with Crippen LogP contribution >= 0.6 is 0 Å². The second kappa shape index (κ2) is 7.23. The molecular weight excluding hydrogens is 308 g/mol. The minimum absolute atomic E-state index is 0.0420. The topological polar surface area (TPSA) is 71.1 Å². The summed E-state index contributed by atoms with van der Waals surface area (Å²) in [6, 6.07) is 8.16. The van der Waals surface area contributed by atoms with Crippen LogP contribution < -0.4 is 0 Å². The highest BCUT2D eigenvalue weighted by atomic mass is 32.2. The van der Waals surface area contributed by atoms with Crippen molar-refractivity contribution < 1.29 is 27.4 Å². The van der Waals surface area contributed by atoms with Gasteiger partial charge in [-0.1, -0.05) is 18.2 Å². The Balaban J connectivity index is 2.41. The van der Waals surface area contributed by atoms with Crippen molar-refractivity contribution in [3.8, 4) is 0 Å². The van der Waals surface area contributed by atoms with Gasteiger partial charge in [-0.25, -0.2) is 8.42 Å². The van der Waals surface area contributed by atoms with Gasteiger partial charge in [0, 0.05) is 21.3 Å². The minimum Gasteiger partial charge on any atom is -0.492 e. The van der Waals surface area contributed by atoms with Gasteiger partial charge in [0.1, 0.15) is 29.5 Å². The highest BCUT2D eigenvalue weighted by Crippen LogP contribution is 2.31. The fourth-order valence-corrected chi connectivity index (χ4v) is 3.94. The first-order valence-electron chi connectivity index (χ1n) is 6.76. The van der Waals surface area contributed by atoms with Gasteiger partial charge in [-0.3, -0.25) is 0 Å². The van der Waals surface area contributed by atoms with Gasteiger partial charge in [0.05, 0.1) is 11.5 Å². The van der Waals surface area contributed by atoms with Crippen LogP contribution in [-0.2, 0) is 28.8 Å². The maximum Gasteiger partial charge on any atom is 0.208 e. The molecule has 0 N–H and O–H groups in total. The number of ether oxygens (including phenoxy) is 4. The first-order chi connectivity index (χ1) is 10.6. The molecule has 1 heterocycles. The Morgan fingerprint density at radius 3 is 2.32 bits per heavy atom. The van der Waals surface area contributed by atoms with E-state index in [4.69, 9.17) is 18.9 Å². The number of methoxy groups -OCH3 is 3. The quantitative estimate of drug-likeness (QED) is 0.785. The Bertz CT molecular complexity index is 610. The zero-order chi connectivity index (χ0) is 16.2. The van der Waals surface area contributed by atoms with Gasteiger partial charge in [-0.2, -0.15) is 0 Å². The summed E-state index contributed by atoms with van der Waals surface area (Å²) in [5.41, 5.74) is 0. The van der Waals surface area contributed by atoms with E-state index in [-0.39, 0.29) is 16.4 Å². The molecule has 1 aliphatic heterocycles. The Labute approximate surface area is 130 Å². The van der Waals surface area contributed by atoms with Crippen molar-refractivity contribution in [2.24, 2.45) is 0 Å². The molecule has 0 aromatic heterocycles. The van der Waals surface area contributed by atoms with Crippen molar-refractivity contribution in [3.05, 3.63) is 41.5 Å². The van der Waals surface area contributed by atoms with E-state index in [0.717, 1.165) is 0 Å². The Morgan fingerprint density at radius 2 is 1.77 bits per heavy atom. The summed E-state index contributed by atoms with van der Waals surface area (Å²) in [6.45, 7) is 0.271. The van der Waals surface area contributed by atoms with Gasteiger partial charge in [-0.15, -0.1) is 0 Å².